The van der Waals surface area contributed by atoms with Crippen LogP contribution in [0.25, 0.3) is 16.9 Å². The number of nitrogens with one attached hydrogen (secondary N) is 1. The molecule has 2 N–H and O–H groups in total. The van der Waals surface area contributed by atoms with Gasteiger partial charge in [0.25, 0.3) is 5.91 Å². The number of amides is 1. The molecule has 9 heteroatoms. The minimum Gasteiger partial charge on any atom is -0.493 e. The van der Waals surface area contributed by atoms with E-state index in [1.165, 1.54) is 18.0 Å². The lowest BCUT2D eigenvalue weighted by atomic mass is 10.0. The summed E-state index contributed by atoms with van der Waals surface area (Å²) in [5.41, 5.74) is 1.70. The van der Waals surface area contributed by atoms with E-state index in [4.69, 9.17) is 9.47 Å². The number of pyridine rings is 2. The van der Waals surface area contributed by atoms with Crippen LogP contribution in [0.15, 0.2) is 42.9 Å². The number of aromatic hydroxyl groups is 1. The number of hydrogen-bond donors (Lipinski definition) is 2. The standard InChI is InChI=1S/C21H23N5O4/c1-29-19-10-15(4-7-22-19)17-13-25-26(21(17)28)18-3-2-16(12-23-18)20(27)24-11-14-5-8-30-9-6-14/h2-4,7,10,12-14,28H,5-6,8-9,11H2,1H3,(H,24,27). The molecule has 3 aromatic heterocycles. The second kappa shape index (κ2) is 8.91. The van der Waals surface area contributed by atoms with Crippen LogP contribution >= 0.6 is 0 Å². The number of hydrogen-bond acceptors (Lipinski definition) is 7. The predicted octanol–water partition coefficient (Wildman–Crippen LogP) is 2.20. The first-order valence-corrected chi connectivity index (χ1v) is 9.75. The zero-order chi connectivity index (χ0) is 20.9. The van der Waals surface area contributed by atoms with Crippen LogP contribution in [0.2, 0.25) is 0 Å². The first kappa shape index (κ1) is 19.8. The van der Waals surface area contributed by atoms with Crippen LogP contribution in [-0.4, -0.2) is 57.6 Å². The maximum absolute atomic E-state index is 12.4. The summed E-state index contributed by atoms with van der Waals surface area (Å²) in [6, 6.07) is 6.77. The molecule has 1 aliphatic heterocycles. The Morgan fingerprint density at radius 1 is 1.27 bits per heavy atom. The van der Waals surface area contributed by atoms with Crippen molar-refractivity contribution in [1.29, 1.82) is 0 Å². The van der Waals surface area contributed by atoms with Gasteiger partial charge >= 0.3 is 0 Å². The van der Waals surface area contributed by atoms with E-state index in [-0.39, 0.29) is 11.8 Å². The van der Waals surface area contributed by atoms with E-state index in [1.54, 1.807) is 36.7 Å². The Bertz CT molecular complexity index is 1010. The van der Waals surface area contributed by atoms with Crippen molar-refractivity contribution >= 4 is 5.91 Å². The molecule has 0 saturated carbocycles. The Balaban J connectivity index is 1.46. The summed E-state index contributed by atoms with van der Waals surface area (Å²) in [6.45, 7) is 2.12. The topological polar surface area (TPSA) is 111 Å². The van der Waals surface area contributed by atoms with Gasteiger partial charge in [-0.3, -0.25) is 4.79 Å². The molecule has 0 aromatic carbocycles. The van der Waals surface area contributed by atoms with Crippen LogP contribution in [-0.2, 0) is 4.74 Å². The molecule has 156 valence electrons. The molecule has 0 atom stereocenters. The van der Waals surface area contributed by atoms with Crippen molar-refractivity contribution in [3.05, 3.63) is 48.4 Å². The Hall–Kier alpha value is -3.46. The molecule has 30 heavy (non-hydrogen) atoms. The minimum absolute atomic E-state index is 0.0625. The molecule has 1 aliphatic rings. The highest BCUT2D eigenvalue weighted by atomic mass is 16.5. The zero-order valence-electron chi connectivity index (χ0n) is 16.6. The highest BCUT2D eigenvalue weighted by molar-refractivity contribution is 5.93. The fraction of sp³-hybridized carbons (Fsp3) is 0.333. The molecule has 1 saturated heterocycles. The van der Waals surface area contributed by atoms with Gasteiger partial charge in [0.2, 0.25) is 11.8 Å². The fourth-order valence-corrected chi connectivity index (χ4v) is 3.34. The number of carbonyl (C=O) groups excluding carboxylic acids is 1. The molecule has 0 spiro atoms. The molecule has 0 aliphatic carbocycles. The molecular formula is C21H23N5O4. The Labute approximate surface area is 173 Å². The second-order valence-corrected chi connectivity index (χ2v) is 7.05. The van der Waals surface area contributed by atoms with Crippen LogP contribution in [0.1, 0.15) is 23.2 Å². The molecular weight excluding hydrogens is 386 g/mol. The lowest BCUT2D eigenvalue weighted by Gasteiger charge is -2.22. The number of aromatic nitrogens is 4. The SMILES string of the molecule is COc1cc(-c2cnn(-c3ccc(C(=O)NCC4CCOCC4)cn3)c2O)ccn1. The largest absolute Gasteiger partial charge is 0.493 e. The third-order valence-electron chi connectivity index (χ3n) is 5.12. The van der Waals surface area contributed by atoms with Gasteiger partial charge < -0.3 is 19.9 Å². The van der Waals surface area contributed by atoms with Gasteiger partial charge in [-0.25, -0.2) is 9.97 Å². The number of nitrogens with zero attached hydrogens (tertiary/aromatic N) is 4. The van der Waals surface area contributed by atoms with E-state index in [9.17, 15) is 9.90 Å². The van der Waals surface area contributed by atoms with Gasteiger partial charge in [0.15, 0.2) is 5.82 Å². The third-order valence-corrected chi connectivity index (χ3v) is 5.12. The molecule has 4 heterocycles. The zero-order valence-corrected chi connectivity index (χ0v) is 16.6. The van der Waals surface area contributed by atoms with Crippen LogP contribution < -0.4 is 10.1 Å². The molecule has 1 fully saturated rings. The monoisotopic (exact) mass is 409 g/mol. The summed E-state index contributed by atoms with van der Waals surface area (Å²) in [7, 11) is 1.53. The third kappa shape index (κ3) is 4.25. The normalized spacial score (nSPS) is 14.4. The Kier molecular flexibility index (Phi) is 5.89. The van der Waals surface area contributed by atoms with E-state index in [0.29, 0.717) is 35.3 Å². The lowest BCUT2D eigenvalue weighted by molar-refractivity contribution is 0.0642. The quantitative estimate of drug-likeness (QED) is 0.642. The van der Waals surface area contributed by atoms with Gasteiger partial charge in [-0.15, -0.1) is 0 Å². The van der Waals surface area contributed by atoms with E-state index < -0.39 is 0 Å². The van der Waals surface area contributed by atoms with E-state index in [2.05, 4.69) is 20.4 Å². The minimum atomic E-state index is -0.171. The average molecular weight is 409 g/mol. The van der Waals surface area contributed by atoms with Crippen LogP contribution in [0.3, 0.4) is 0 Å². The Morgan fingerprint density at radius 3 is 2.83 bits per heavy atom. The van der Waals surface area contributed by atoms with E-state index in [1.807, 2.05) is 0 Å². The van der Waals surface area contributed by atoms with Crippen LogP contribution in [0.5, 0.6) is 11.8 Å². The summed E-state index contributed by atoms with van der Waals surface area (Å²) in [6.07, 6.45) is 6.53. The lowest BCUT2D eigenvalue weighted by Crippen LogP contribution is -2.32. The maximum Gasteiger partial charge on any atom is 0.252 e. The van der Waals surface area contributed by atoms with Crippen molar-refractivity contribution in [3.63, 3.8) is 0 Å². The van der Waals surface area contributed by atoms with Gasteiger partial charge in [0, 0.05) is 38.2 Å². The molecule has 9 nitrogen and oxygen atoms in total. The number of methoxy groups -OCH3 is 1. The van der Waals surface area contributed by atoms with Gasteiger partial charge in [0.1, 0.15) is 0 Å². The molecule has 0 bridgehead atoms. The highest BCUT2D eigenvalue weighted by Gasteiger charge is 2.17. The van der Waals surface area contributed by atoms with Gasteiger partial charge in [-0.2, -0.15) is 9.78 Å². The van der Waals surface area contributed by atoms with E-state index in [0.717, 1.165) is 31.6 Å². The van der Waals surface area contributed by atoms with Crippen molar-refractivity contribution in [2.75, 3.05) is 26.9 Å². The molecule has 0 unspecified atom stereocenters. The Morgan fingerprint density at radius 2 is 2.10 bits per heavy atom. The summed E-state index contributed by atoms with van der Waals surface area (Å²) in [5.74, 6) is 1.05. The molecule has 1 amide bonds. The maximum atomic E-state index is 12.4. The van der Waals surface area contributed by atoms with Gasteiger partial charge in [-0.1, -0.05) is 0 Å². The molecule has 4 rings (SSSR count). The van der Waals surface area contributed by atoms with Crippen molar-refractivity contribution in [1.82, 2.24) is 25.1 Å². The first-order valence-electron chi connectivity index (χ1n) is 9.75. The number of rotatable bonds is 6. The molecule has 0 radical (unpaired) electrons. The van der Waals surface area contributed by atoms with Gasteiger partial charge in [-0.05, 0) is 42.5 Å². The summed E-state index contributed by atoms with van der Waals surface area (Å²) in [5, 5.41) is 17.8. The predicted molar refractivity (Wildman–Crippen MR) is 109 cm³/mol. The second-order valence-electron chi connectivity index (χ2n) is 7.05. The number of ether oxygens (including phenoxy) is 2. The first-order chi connectivity index (χ1) is 14.7. The smallest absolute Gasteiger partial charge is 0.252 e. The summed E-state index contributed by atoms with van der Waals surface area (Å²) < 4.78 is 11.8. The number of carbonyl (C=O) groups is 1. The molecule has 3 aromatic rings. The van der Waals surface area contributed by atoms with Gasteiger partial charge in [0.05, 0.1) is 24.4 Å². The summed E-state index contributed by atoms with van der Waals surface area (Å²) in [4.78, 5) is 20.7. The summed E-state index contributed by atoms with van der Waals surface area (Å²) >= 11 is 0. The van der Waals surface area contributed by atoms with E-state index >= 15 is 0 Å². The van der Waals surface area contributed by atoms with Crippen LogP contribution in [0.4, 0.5) is 0 Å². The van der Waals surface area contributed by atoms with Crippen molar-refractivity contribution < 1.29 is 19.4 Å². The van der Waals surface area contributed by atoms with Crippen molar-refractivity contribution in [3.8, 4) is 28.7 Å². The fourth-order valence-electron chi connectivity index (χ4n) is 3.34. The highest BCUT2D eigenvalue weighted by Crippen LogP contribution is 2.31. The average Bonchev–Trinajstić information content (AvgIpc) is 3.19. The van der Waals surface area contributed by atoms with Crippen molar-refractivity contribution in [2.24, 2.45) is 5.92 Å². The van der Waals surface area contributed by atoms with Crippen molar-refractivity contribution in [2.45, 2.75) is 12.8 Å². The van der Waals surface area contributed by atoms with Crippen LogP contribution in [0, 0.1) is 5.92 Å².